The Kier molecular flexibility index (Phi) is 6.25. The van der Waals surface area contributed by atoms with Crippen LogP contribution >= 0.6 is 0 Å². The van der Waals surface area contributed by atoms with Crippen molar-refractivity contribution in [1.29, 1.82) is 0 Å². The van der Waals surface area contributed by atoms with Gasteiger partial charge in [-0.15, -0.1) is 0 Å². The van der Waals surface area contributed by atoms with Gasteiger partial charge >= 0.3 is 5.97 Å². The topological polar surface area (TPSA) is 97.2 Å². The SMILES string of the molecule is COc1cc(C=NNC(=O)[C@H](O)c2ccccc2)ccc1OC(C)=O. The van der Waals surface area contributed by atoms with E-state index in [1.807, 2.05) is 0 Å². The third-order valence-corrected chi connectivity index (χ3v) is 3.19. The van der Waals surface area contributed by atoms with Crippen LogP contribution in [0.2, 0.25) is 0 Å². The van der Waals surface area contributed by atoms with Gasteiger partial charge < -0.3 is 14.6 Å². The Balaban J connectivity index is 2.02. The summed E-state index contributed by atoms with van der Waals surface area (Å²) in [5.74, 6) is -0.460. The Hall–Kier alpha value is -3.19. The first kappa shape index (κ1) is 18.2. The van der Waals surface area contributed by atoms with Crippen molar-refractivity contribution in [2.24, 2.45) is 5.10 Å². The number of hydrazone groups is 1. The largest absolute Gasteiger partial charge is 0.493 e. The van der Waals surface area contributed by atoms with Crippen molar-refractivity contribution in [3.8, 4) is 11.5 Å². The summed E-state index contributed by atoms with van der Waals surface area (Å²) in [6.45, 7) is 1.29. The van der Waals surface area contributed by atoms with Crippen LogP contribution in [-0.4, -0.2) is 30.3 Å². The maximum Gasteiger partial charge on any atom is 0.308 e. The highest BCUT2D eigenvalue weighted by molar-refractivity contribution is 5.85. The van der Waals surface area contributed by atoms with Crippen LogP contribution < -0.4 is 14.9 Å². The van der Waals surface area contributed by atoms with Gasteiger partial charge in [0.05, 0.1) is 13.3 Å². The molecule has 0 saturated carbocycles. The number of aliphatic hydroxyl groups is 1. The van der Waals surface area contributed by atoms with E-state index in [1.54, 1.807) is 48.5 Å². The molecule has 0 bridgehead atoms. The van der Waals surface area contributed by atoms with E-state index in [0.717, 1.165) is 0 Å². The van der Waals surface area contributed by atoms with Crippen LogP contribution in [0.3, 0.4) is 0 Å². The summed E-state index contributed by atoms with van der Waals surface area (Å²) in [6, 6.07) is 13.3. The Morgan fingerprint density at radius 1 is 1.16 bits per heavy atom. The lowest BCUT2D eigenvalue weighted by Gasteiger charge is -2.09. The molecule has 1 amide bonds. The van der Waals surface area contributed by atoms with E-state index in [2.05, 4.69) is 10.5 Å². The molecule has 0 fully saturated rings. The molecule has 2 aromatic rings. The van der Waals surface area contributed by atoms with Crippen molar-refractivity contribution in [1.82, 2.24) is 5.43 Å². The number of methoxy groups -OCH3 is 1. The molecule has 0 aliphatic rings. The molecule has 0 aliphatic heterocycles. The quantitative estimate of drug-likeness (QED) is 0.361. The van der Waals surface area contributed by atoms with Gasteiger partial charge in [0, 0.05) is 6.92 Å². The van der Waals surface area contributed by atoms with Crippen LogP contribution in [0.15, 0.2) is 53.6 Å². The Morgan fingerprint density at radius 2 is 1.88 bits per heavy atom. The number of amides is 1. The lowest BCUT2D eigenvalue weighted by molar-refractivity contribution is -0.132. The molecule has 0 aliphatic carbocycles. The first-order valence-electron chi connectivity index (χ1n) is 7.43. The number of aliphatic hydroxyl groups excluding tert-OH is 1. The number of nitrogens with zero attached hydrogens (tertiary/aromatic N) is 1. The number of esters is 1. The van der Waals surface area contributed by atoms with Crippen LogP contribution in [0.4, 0.5) is 0 Å². The average molecular weight is 342 g/mol. The molecule has 0 saturated heterocycles. The molecule has 0 aromatic heterocycles. The van der Waals surface area contributed by atoms with Gasteiger partial charge in [0.15, 0.2) is 17.6 Å². The smallest absolute Gasteiger partial charge is 0.308 e. The summed E-state index contributed by atoms with van der Waals surface area (Å²) in [7, 11) is 1.45. The molecule has 0 radical (unpaired) electrons. The lowest BCUT2D eigenvalue weighted by Crippen LogP contribution is -2.25. The number of carbonyl (C=O) groups is 2. The summed E-state index contributed by atoms with van der Waals surface area (Å²) < 4.78 is 10.1. The molecular weight excluding hydrogens is 324 g/mol. The highest BCUT2D eigenvalue weighted by Gasteiger charge is 2.16. The molecule has 2 N–H and O–H groups in total. The Bertz CT molecular complexity index is 774. The summed E-state index contributed by atoms with van der Waals surface area (Å²) >= 11 is 0. The van der Waals surface area contributed by atoms with Crippen LogP contribution in [0.5, 0.6) is 11.5 Å². The number of ether oxygens (including phenoxy) is 2. The van der Waals surface area contributed by atoms with Gasteiger partial charge in [-0.3, -0.25) is 9.59 Å². The number of hydrogen-bond donors (Lipinski definition) is 2. The fourth-order valence-corrected chi connectivity index (χ4v) is 2.02. The van der Waals surface area contributed by atoms with E-state index in [9.17, 15) is 14.7 Å². The average Bonchev–Trinajstić information content (AvgIpc) is 2.62. The standard InChI is InChI=1S/C18H18N2O5/c1-12(21)25-15-9-8-13(10-16(15)24-2)11-19-20-18(23)17(22)14-6-4-3-5-7-14/h3-11,17,22H,1-2H3,(H,20,23)/t17-/m1/s1. The molecule has 1 atom stereocenters. The van der Waals surface area contributed by atoms with Crippen LogP contribution in [-0.2, 0) is 9.59 Å². The fourth-order valence-electron chi connectivity index (χ4n) is 2.02. The Morgan fingerprint density at radius 3 is 2.52 bits per heavy atom. The number of nitrogens with one attached hydrogen (secondary N) is 1. The second kappa shape index (κ2) is 8.60. The molecule has 0 spiro atoms. The summed E-state index contributed by atoms with van der Waals surface area (Å²) in [5.41, 5.74) is 3.36. The molecule has 7 nitrogen and oxygen atoms in total. The number of benzene rings is 2. The van der Waals surface area contributed by atoms with E-state index in [0.29, 0.717) is 16.9 Å². The monoisotopic (exact) mass is 342 g/mol. The van der Waals surface area contributed by atoms with Crippen LogP contribution in [0.25, 0.3) is 0 Å². The van der Waals surface area contributed by atoms with E-state index < -0.39 is 18.0 Å². The molecular formula is C18H18N2O5. The van der Waals surface area contributed by atoms with Crippen molar-refractivity contribution < 1.29 is 24.2 Å². The van der Waals surface area contributed by atoms with Crippen molar-refractivity contribution in [2.75, 3.05) is 7.11 Å². The third-order valence-electron chi connectivity index (χ3n) is 3.19. The first-order valence-corrected chi connectivity index (χ1v) is 7.43. The molecule has 0 unspecified atom stereocenters. The van der Waals surface area contributed by atoms with Gasteiger partial charge in [-0.05, 0) is 29.3 Å². The lowest BCUT2D eigenvalue weighted by atomic mass is 10.1. The number of hydrogen-bond acceptors (Lipinski definition) is 6. The van der Waals surface area contributed by atoms with Gasteiger partial charge in [0.1, 0.15) is 0 Å². The predicted molar refractivity (Wildman–Crippen MR) is 91.4 cm³/mol. The van der Waals surface area contributed by atoms with Crippen molar-refractivity contribution in [3.05, 3.63) is 59.7 Å². The molecule has 0 heterocycles. The van der Waals surface area contributed by atoms with Crippen LogP contribution in [0.1, 0.15) is 24.2 Å². The minimum Gasteiger partial charge on any atom is -0.493 e. The van der Waals surface area contributed by atoms with Gasteiger partial charge in [-0.1, -0.05) is 30.3 Å². The van der Waals surface area contributed by atoms with E-state index in [1.165, 1.54) is 20.2 Å². The van der Waals surface area contributed by atoms with Gasteiger partial charge in [-0.2, -0.15) is 5.10 Å². The maximum atomic E-state index is 11.9. The zero-order valence-corrected chi connectivity index (χ0v) is 13.8. The normalized spacial score (nSPS) is 11.8. The molecule has 2 rings (SSSR count). The second-order valence-corrected chi connectivity index (χ2v) is 5.05. The minimum absolute atomic E-state index is 0.288. The first-order chi connectivity index (χ1) is 12.0. The van der Waals surface area contributed by atoms with Gasteiger partial charge in [0.2, 0.25) is 0 Å². The van der Waals surface area contributed by atoms with Crippen molar-refractivity contribution in [3.63, 3.8) is 0 Å². The predicted octanol–water partition coefficient (Wildman–Crippen LogP) is 1.80. The summed E-state index contributed by atoms with van der Waals surface area (Å²) in [5, 5.41) is 13.7. The Labute approximate surface area is 144 Å². The zero-order chi connectivity index (χ0) is 18.2. The minimum atomic E-state index is -1.31. The maximum absolute atomic E-state index is 11.9. The summed E-state index contributed by atoms with van der Waals surface area (Å²) in [4.78, 5) is 22.9. The highest BCUT2D eigenvalue weighted by atomic mass is 16.6. The van der Waals surface area contributed by atoms with Crippen molar-refractivity contribution in [2.45, 2.75) is 13.0 Å². The third kappa shape index (κ3) is 5.15. The molecule has 2 aromatic carbocycles. The fraction of sp³-hybridized carbons (Fsp3) is 0.167. The van der Waals surface area contributed by atoms with E-state index in [4.69, 9.17) is 9.47 Å². The zero-order valence-electron chi connectivity index (χ0n) is 13.8. The highest BCUT2D eigenvalue weighted by Crippen LogP contribution is 2.27. The molecule has 130 valence electrons. The summed E-state index contributed by atoms with van der Waals surface area (Å²) in [6.07, 6.45) is 0.0783. The molecule has 7 heteroatoms. The van der Waals surface area contributed by atoms with E-state index in [-0.39, 0.29) is 5.75 Å². The van der Waals surface area contributed by atoms with Crippen LogP contribution in [0, 0.1) is 0 Å². The number of rotatable bonds is 6. The second-order valence-electron chi connectivity index (χ2n) is 5.05. The molecule has 25 heavy (non-hydrogen) atoms. The van der Waals surface area contributed by atoms with E-state index >= 15 is 0 Å². The van der Waals surface area contributed by atoms with Gasteiger partial charge in [0.25, 0.3) is 5.91 Å². The van der Waals surface area contributed by atoms with Gasteiger partial charge in [-0.25, -0.2) is 5.43 Å². The van der Waals surface area contributed by atoms with Crippen molar-refractivity contribution >= 4 is 18.1 Å². The number of carbonyl (C=O) groups excluding carboxylic acids is 2.